The molecule has 0 bridgehead atoms. The van der Waals surface area contributed by atoms with Crippen molar-refractivity contribution in [3.05, 3.63) is 49.0 Å². The third-order valence-electron chi connectivity index (χ3n) is 2.44. The number of carboxylic acid groups (broad SMARTS) is 1. The van der Waals surface area contributed by atoms with Gasteiger partial charge in [-0.25, -0.2) is 4.79 Å². The number of aromatic nitrogens is 1. The monoisotopic (exact) mass is 369 g/mol. The van der Waals surface area contributed by atoms with Gasteiger partial charge < -0.3 is 5.11 Å². The van der Waals surface area contributed by atoms with E-state index in [1.54, 1.807) is 0 Å². The fourth-order valence-corrected chi connectivity index (χ4v) is 2.88. The summed E-state index contributed by atoms with van der Waals surface area (Å²) >= 11 is 29.7. The van der Waals surface area contributed by atoms with Crippen LogP contribution in [0.2, 0.25) is 25.1 Å². The van der Waals surface area contributed by atoms with Crippen LogP contribution in [-0.4, -0.2) is 16.1 Å². The molecule has 8 heteroatoms. The molecule has 2 rings (SSSR count). The largest absolute Gasteiger partial charge is 0.478 e. The first-order chi connectivity index (χ1) is 9.32. The summed E-state index contributed by atoms with van der Waals surface area (Å²) in [7, 11) is 0. The number of carboxylic acids is 1. The van der Waals surface area contributed by atoms with Crippen molar-refractivity contribution in [3.63, 3.8) is 0 Å². The number of benzene rings is 1. The minimum absolute atomic E-state index is 0.0736. The summed E-state index contributed by atoms with van der Waals surface area (Å²) in [4.78, 5) is 15.2. The van der Waals surface area contributed by atoms with Crippen molar-refractivity contribution in [1.82, 2.24) is 4.98 Å². The SMILES string of the molecule is O=C(O)c1c(Cl)cnc(-c2cc(Cl)cc(Cl)c2Cl)c1Cl. The van der Waals surface area contributed by atoms with E-state index in [4.69, 9.17) is 63.1 Å². The van der Waals surface area contributed by atoms with Crippen molar-refractivity contribution in [3.8, 4) is 11.3 Å². The summed E-state index contributed by atoms with van der Waals surface area (Å²) in [5.41, 5.74) is 0.210. The standard InChI is InChI=1S/C12H4Cl5NO2/c13-4-1-5(9(16)6(14)2-4)11-10(17)8(12(19)20)7(15)3-18-11/h1-3H,(H,19,20). The van der Waals surface area contributed by atoms with E-state index in [0.717, 1.165) is 0 Å². The highest BCUT2D eigenvalue weighted by molar-refractivity contribution is 6.46. The first-order valence-corrected chi connectivity index (χ1v) is 6.94. The van der Waals surface area contributed by atoms with Gasteiger partial charge in [0.25, 0.3) is 0 Å². The van der Waals surface area contributed by atoms with Crippen LogP contribution in [0.25, 0.3) is 11.3 Å². The Labute approximate surface area is 139 Å². The topological polar surface area (TPSA) is 50.2 Å². The summed E-state index contributed by atoms with van der Waals surface area (Å²) in [6.45, 7) is 0. The molecule has 2 aromatic rings. The Kier molecular flexibility index (Phi) is 4.67. The lowest BCUT2D eigenvalue weighted by molar-refractivity contribution is 0.0697. The molecular weight excluding hydrogens is 367 g/mol. The first kappa shape index (κ1) is 15.7. The zero-order valence-electron chi connectivity index (χ0n) is 9.42. The maximum Gasteiger partial charge on any atom is 0.338 e. The third-order valence-corrected chi connectivity index (χ3v) is 4.11. The molecule has 0 aliphatic carbocycles. The second-order valence-electron chi connectivity index (χ2n) is 3.70. The molecule has 0 fully saturated rings. The average molecular weight is 371 g/mol. The molecule has 3 nitrogen and oxygen atoms in total. The predicted octanol–water partition coefficient (Wildman–Crippen LogP) is 5.71. The lowest BCUT2D eigenvalue weighted by Gasteiger charge is -2.10. The molecule has 1 aromatic heterocycles. The van der Waals surface area contributed by atoms with Crippen molar-refractivity contribution in [1.29, 1.82) is 0 Å². The number of aromatic carboxylic acids is 1. The Hall–Kier alpha value is -0.710. The van der Waals surface area contributed by atoms with Gasteiger partial charge in [-0.3, -0.25) is 4.98 Å². The first-order valence-electron chi connectivity index (χ1n) is 5.05. The van der Waals surface area contributed by atoms with Crippen LogP contribution >= 0.6 is 58.0 Å². The number of rotatable bonds is 2. The molecular formula is C12H4Cl5NO2. The van der Waals surface area contributed by atoms with E-state index in [2.05, 4.69) is 4.98 Å². The Balaban J connectivity index is 2.78. The Morgan fingerprint density at radius 1 is 1.00 bits per heavy atom. The predicted molar refractivity (Wildman–Crippen MR) is 81.7 cm³/mol. The van der Waals surface area contributed by atoms with Crippen molar-refractivity contribution < 1.29 is 9.90 Å². The summed E-state index contributed by atoms with van der Waals surface area (Å²) in [6.07, 6.45) is 1.18. The highest BCUT2D eigenvalue weighted by Crippen LogP contribution is 2.40. The molecule has 0 saturated carbocycles. The summed E-state index contributed by atoms with van der Waals surface area (Å²) in [5, 5.41) is 9.60. The van der Waals surface area contributed by atoms with Gasteiger partial charge in [0, 0.05) is 16.8 Å². The van der Waals surface area contributed by atoms with Gasteiger partial charge in [0.2, 0.25) is 0 Å². The van der Waals surface area contributed by atoms with E-state index in [1.807, 2.05) is 0 Å². The lowest BCUT2D eigenvalue weighted by Crippen LogP contribution is -2.02. The summed E-state index contributed by atoms with van der Waals surface area (Å²) in [6, 6.07) is 2.94. The smallest absolute Gasteiger partial charge is 0.338 e. The second-order valence-corrected chi connectivity index (χ2v) is 5.70. The molecule has 0 spiro atoms. The van der Waals surface area contributed by atoms with Gasteiger partial charge in [-0.15, -0.1) is 0 Å². The Morgan fingerprint density at radius 3 is 2.25 bits per heavy atom. The maximum absolute atomic E-state index is 11.2. The Bertz CT molecular complexity index is 717. The molecule has 0 unspecified atom stereocenters. The van der Waals surface area contributed by atoms with Crippen LogP contribution < -0.4 is 0 Å². The quantitative estimate of drug-likeness (QED) is 0.688. The van der Waals surface area contributed by atoms with Crippen molar-refractivity contribution in [2.45, 2.75) is 0 Å². The third kappa shape index (κ3) is 2.83. The minimum Gasteiger partial charge on any atom is -0.478 e. The van der Waals surface area contributed by atoms with Gasteiger partial charge in [0.05, 0.1) is 25.8 Å². The van der Waals surface area contributed by atoms with Crippen LogP contribution in [0.3, 0.4) is 0 Å². The number of pyridine rings is 1. The zero-order valence-corrected chi connectivity index (χ0v) is 13.2. The lowest BCUT2D eigenvalue weighted by atomic mass is 10.1. The molecule has 104 valence electrons. The molecule has 1 heterocycles. The number of hydrogen-bond donors (Lipinski definition) is 1. The average Bonchev–Trinajstić information content (AvgIpc) is 2.34. The summed E-state index contributed by atoms with van der Waals surface area (Å²) < 4.78 is 0. The van der Waals surface area contributed by atoms with Crippen molar-refractivity contribution in [2.75, 3.05) is 0 Å². The molecule has 20 heavy (non-hydrogen) atoms. The fraction of sp³-hybridized carbons (Fsp3) is 0. The van der Waals surface area contributed by atoms with Gasteiger partial charge in [-0.1, -0.05) is 58.0 Å². The van der Waals surface area contributed by atoms with E-state index < -0.39 is 5.97 Å². The van der Waals surface area contributed by atoms with Crippen molar-refractivity contribution in [2.24, 2.45) is 0 Å². The van der Waals surface area contributed by atoms with Crippen LogP contribution in [0.4, 0.5) is 0 Å². The van der Waals surface area contributed by atoms with Gasteiger partial charge in [-0.05, 0) is 12.1 Å². The normalized spacial score (nSPS) is 10.7. The second kappa shape index (κ2) is 5.96. The van der Waals surface area contributed by atoms with Gasteiger partial charge >= 0.3 is 5.97 Å². The van der Waals surface area contributed by atoms with Gasteiger partial charge in [-0.2, -0.15) is 0 Å². The van der Waals surface area contributed by atoms with E-state index >= 15 is 0 Å². The molecule has 0 aliphatic heterocycles. The molecule has 0 amide bonds. The molecule has 1 aromatic carbocycles. The number of carbonyl (C=O) groups is 1. The molecule has 0 saturated heterocycles. The number of nitrogens with zero attached hydrogens (tertiary/aromatic N) is 1. The van der Waals surface area contributed by atoms with Crippen LogP contribution in [0, 0.1) is 0 Å². The van der Waals surface area contributed by atoms with Gasteiger partial charge in [0.1, 0.15) is 5.56 Å². The minimum atomic E-state index is -1.27. The number of hydrogen-bond acceptors (Lipinski definition) is 2. The highest BCUT2D eigenvalue weighted by Gasteiger charge is 2.21. The van der Waals surface area contributed by atoms with E-state index in [-0.39, 0.29) is 31.3 Å². The highest BCUT2D eigenvalue weighted by atomic mass is 35.5. The molecule has 0 aliphatic rings. The number of halogens is 5. The van der Waals surface area contributed by atoms with Crippen LogP contribution in [-0.2, 0) is 0 Å². The van der Waals surface area contributed by atoms with Crippen molar-refractivity contribution >= 4 is 64.0 Å². The van der Waals surface area contributed by atoms with Crippen LogP contribution in [0.1, 0.15) is 10.4 Å². The maximum atomic E-state index is 11.2. The van der Waals surface area contributed by atoms with Gasteiger partial charge in [0.15, 0.2) is 0 Å². The Morgan fingerprint density at radius 2 is 1.65 bits per heavy atom. The van der Waals surface area contributed by atoms with E-state index in [0.29, 0.717) is 10.6 Å². The van der Waals surface area contributed by atoms with Crippen LogP contribution in [0.5, 0.6) is 0 Å². The van der Waals surface area contributed by atoms with E-state index in [1.165, 1.54) is 18.3 Å². The molecule has 1 N–H and O–H groups in total. The molecule has 0 radical (unpaired) electrons. The fourth-order valence-electron chi connectivity index (χ4n) is 1.58. The zero-order chi connectivity index (χ0) is 15.0. The summed E-state index contributed by atoms with van der Waals surface area (Å²) in [5.74, 6) is -1.27. The van der Waals surface area contributed by atoms with E-state index in [9.17, 15) is 4.79 Å². The van der Waals surface area contributed by atoms with Crippen LogP contribution in [0.15, 0.2) is 18.3 Å². The molecule has 0 atom stereocenters.